The van der Waals surface area contributed by atoms with E-state index >= 15 is 0 Å². The van der Waals surface area contributed by atoms with E-state index in [9.17, 15) is 5.11 Å². The molecule has 0 saturated heterocycles. The van der Waals surface area contributed by atoms with Crippen molar-refractivity contribution < 1.29 is 9.84 Å². The van der Waals surface area contributed by atoms with Crippen molar-refractivity contribution in [2.45, 2.75) is 32.1 Å². The van der Waals surface area contributed by atoms with E-state index in [4.69, 9.17) is 39.5 Å². The molecule has 1 heterocycles. The Morgan fingerprint density at radius 3 is 2.56 bits per heavy atom. The lowest BCUT2D eigenvalue weighted by Crippen LogP contribution is -2.31. The van der Waals surface area contributed by atoms with Crippen LogP contribution in [0.4, 0.5) is 0 Å². The van der Waals surface area contributed by atoms with Crippen LogP contribution >= 0.6 is 34.8 Å². The smallest absolute Gasteiger partial charge is 0.137 e. The van der Waals surface area contributed by atoms with Gasteiger partial charge in [0, 0.05) is 21.2 Å². The first-order valence-corrected chi connectivity index (χ1v) is 9.46. The summed E-state index contributed by atoms with van der Waals surface area (Å²) in [6, 6.07) is 10.5. The molecule has 3 aromatic rings. The monoisotopic (exact) mass is 425 g/mol. The van der Waals surface area contributed by atoms with Gasteiger partial charge in [0.05, 0.1) is 11.6 Å². The standard InChI is InChI=1S/C19H18Cl3N3O2/c1-2-19(26,10-25-12-23-11-24-25)16-6-5-15(8-18(16)22)27-9-13-3-4-14(20)7-17(13)21/h3-8,11-12,26H,2,9-10H2,1H3. The molecule has 1 N–H and O–H groups in total. The average Bonchev–Trinajstić information content (AvgIpc) is 3.13. The molecule has 0 amide bonds. The highest BCUT2D eigenvalue weighted by atomic mass is 35.5. The van der Waals surface area contributed by atoms with E-state index in [1.54, 1.807) is 41.3 Å². The average molecular weight is 427 g/mol. The summed E-state index contributed by atoms with van der Waals surface area (Å²) < 4.78 is 7.36. The molecule has 27 heavy (non-hydrogen) atoms. The van der Waals surface area contributed by atoms with Crippen molar-refractivity contribution >= 4 is 34.8 Å². The Kier molecular flexibility index (Phi) is 6.27. The lowest BCUT2D eigenvalue weighted by atomic mass is 9.91. The van der Waals surface area contributed by atoms with Crippen LogP contribution in [0, 0.1) is 0 Å². The fourth-order valence-electron chi connectivity index (χ4n) is 2.73. The van der Waals surface area contributed by atoms with Gasteiger partial charge in [-0.2, -0.15) is 5.10 Å². The molecule has 0 aliphatic heterocycles. The van der Waals surface area contributed by atoms with Crippen LogP contribution in [0.2, 0.25) is 15.1 Å². The highest BCUT2D eigenvalue weighted by Gasteiger charge is 2.30. The summed E-state index contributed by atoms with van der Waals surface area (Å²) in [5.74, 6) is 0.578. The van der Waals surface area contributed by atoms with Gasteiger partial charge in [-0.05, 0) is 30.7 Å². The van der Waals surface area contributed by atoms with E-state index in [0.29, 0.717) is 32.8 Å². The Morgan fingerprint density at radius 1 is 1.11 bits per heavy atom. The van der Waals surface area contributed by atoms with Crippen LogP contribution in [0.5, 0.6) is 5.75 Å². The molecule has 1 unspecified atom stereocenters. The van der Waals surface area contributed by atoms with E-state index in [2.05, 4.69) is 10.1 Å². The minimum Gasteiger partial charge on any atom is -0.489 e. The molecule has 0 aliphatic carbocycles. The number of aliphatic hydroxyl groups is 1. The van der Waals surface area contributed by atoms with E-state index < -0.39 is 5.60 Å². The lowest BCUT2D eigenvalue weighted by Gasteiger charge is -2.28. The number of nitrogens with zero attached hydrogens (tertiary/aromatic N) is 3. The van der Waals surface area contributed by atoms with Crippen molar-refractivity contribution in [3.63, 3.8) is 0 Å². The van der Waals surface area contributed by atoms with Crippen molar-refractivity contribution in [3.05, 3.63) is 75.2 Å². The second-order valence-corrected chi connectivity index (χ2v) is 7.40. The zero-order chi connectivity index (χ0) is 19.4. The van der Waals surface area contributed by atoms with Gasteiger partial charge in [-0.1, -0.05) is 53.9 Å². The molecule has 5 nitrogen and oxygen atoms in total. The van der Waals surface area contributed by atoms with Crippen LogP contribution in [0.3, 0.4) is 0 Å². The highest BCUT2D eigenvalue weighted by molar-refractivity contribution is 6.35. The summed E-state index contributed by atoms with van der Waals surface area (Å²) >= 11 is 18.5. The van der Waals surface area contributed by atoms with E-state index in [0.717, 1.165) is 5.56 Å². The van der Waals surface area contributed by atoms with Crippen LogP contribution in [-0.4, -0.2) is 19.9 Å². The summed E-state index contributed by atoms with van der Waals surface area (Å²) in [7, 11) is 0. The van der Waals surface area contributed by atoms with Gasteiger partial charge in [-0.15, -0.1) is 0 Å². The molecule has 0 aliphatic rings. The van der Waals surface area contributed by atoms with Gasteiger partial charge < -0.3 is 9.84 Å². The maximum absolute atomic E-state index is 11.1. The molecular formula is C19H18Cl3N3O2. The van der Waals surface area contributed by atoms with Crippen molar-refractivity contribution in [1.29, 1.82) is 0 Å². The van der Waals surface area contributed by atoms with Gasteiger partial charge in [0.25, 0.3) is 0 Å². The predicted octanol–water partition coefficient (Wildman–Crippen LogP) is 5.12. The number of benzene rings is 2. The third kappa shape index (κ3) is 4.74. The summed E-state index contributed by atoms with van der Waals surface area (Å²) in [5.41, 5.74) is 0.263. The Hall–Kier alpha value is -1.79. The summed E-state index contributed by atoms with van der Waals surface area (Å²) in [5, 5.41) is 16.6. The second kappa shape index (κ2) is 8.48. The van der Waals surface area contributed by atoms with E-state index in [1.165, 1.54) is 6.33 Å². The Bertz CT molecular complexity index is 919. The van der Waals surface area contributed by atoms with Crippen LogP contribution in [-0.2, 0) is 18.8 Å². The Labute approximate surface area is 172 Å². The minimum absolute atomic E-state index is 0.254. The maximum atomic E-state index is 11.1. The maximum Gasteiger partial charge on any atom is 0.137 e. The Morgan fingerprint density at radius 2 is 1.93 bits per heavy atom. The molecule has 3 rings (SSSR count). The van der Waals surface area contributed by atoms with Crippen molar-refractivity contribution in [3.8, 4) is 5.75 Å². The van der Waals surface area contributed by atoms with Gasteiger partial charge in [0.1, 0.15) is 30.6 Å². The van der Waals surface area contributed by atoms with Gasteiger partial charge >= 0.3 is 0 Å². The molecule has 0 bridgehead atoms. The molecule has 0 fully saturated rings. The predicted molar refractivity (Wildman–Crippen MR) is 106 cm³/mol. The fourth-order valence-corrected chi connectivity index (χ4v) is 3.54. The lowest BCUT2D eigenvalue weighted by molar-refractivity contribution is 0.0110. The topological polar surface area (TPSA) is 60.2 Å². The molecule has 142 valence electrons. The molecule has 0 radical (unpaired) electrons. The second-order valence-electron chi connectivity index (χ2n) is 6.14. The molecule has 0 spiro atoms. The zero-order valence-electron chi connectivity index (χ0n) is 14.6. The number of ether oxygens (including phenoxy) is 1. The first-order valence-electron chi connectivity index (χ1n) is 8.33. The van der Waals surface area contributed by atoms with Crippen LogP contribution in [0.25, 0.3) is 0 Å². The number of hydrogen-bond acceptors (Lipinski definition) is 4. The molecule has 1 aromatic heterocycles. The third-order valence-corrected chi connectivity index (χ3v) is 5.23. The number of hydrogen-bond donors (Lipinski definition) is 1. The highest BCUT2D eigenvalue weighted by Crippen LogP contribution is 2.35. The quantitative estimate of drug-likeness (QED) is 0.570. The van der Waals surface area contributed by atoms with Gasteiger partial charge in [-0.25, -0.2) is 9.67 Å². The molecule has 2 aromatic carbocycles. The first kappa shape index (κ1) is 20.0. The largest absolute Gasteiger partial charge is 0.489 e. The van der Waals surface area contributed by atoms with Crippen molar-refractivity contribution in [1.82, 2.24) is 14.8 Å². The van der Waals surface area contributed by atoms with E-state index in [-0.39, 0.29) is 13.2 Å². The molecule has 0 saturated carbocycles. The third-order valence-electron chi connectivity index (χ3n) is 4.33. The fraction of sp³-hybridized carbons (Fsp3) is 0.263. The van der Waals surface area contributed by atoms with Gasteiger partial charge in [0.2, 0.25) is 0 Å². The van der Waals surface area contributed by atoms with Crippen LogP contribution in [0.1, 0.15) is 24.5 Å². The van der Waals surface area contributed by atoms with Gasteiger partial charge in [0.15, 0.2) is 0 Å². The van der Waals surface area contributed by atoms with Gasteiger partial charge in [-0.3, -0.25) is 0 Å². The molecule has 8 heteroatoms. The number of halogens is 3. The van der Waals surface area contributed by atoms with Crippen molar-refractivity contribution in [2.24, 2.45) is 0 Å². The van der Waals surface area contributed by atoms with Crippen LogP contribution < -0.4 is 4.74 Å². The first-order chi connectivity index (χ1) is 12.9. The summed E-state index contributed by atoms with van der Waals surface area (Å²) in [6.45, 7) is 2.42. The SMILES string of the molecule is CCC(O)(Cn1cncn1)c1ccc(OCc2ccc(Cl)cc2Cl)cc1Cl. The van der Waals surface area contributed by atoms with Crippen LogP contribution in [0.15, 0.2) is 49.1 Å². The number of aromatic nitrogens is 3. The number of rotatable bonds is 7. The Balaban J connectivity index is 1.76. The molecule has 1 atom stereocenters. The molecular weight excluding hydrogens is 409 g/mol. The van der Waals surface area contributed by atoms with E-state index in [1.807, 2.05) is 13.0 Å². The zero-order valence-corrected chi connectivity index (χ0v) is 16.8. The van der Waals surface area contributed by atoms with Crippen molar-refractivity contribution in [2.75, 3.05) is 0 Å². The summed E-state index contributed by atoms with van der Waals surface area (Å²) in [4.78, 5) is 3.91. The summed E-state index contributed by atoms with van der Waals surface area (Å²) in [6.07, 6.45) is 3.45. The minimum atomic E-state index is -1.16. The normalized spacial score (nSPS) is 13.4.